The molecule has 0 spiro atoms. The molecule has 1 saturated heterocycles. The number of piperazine rings is 1. The van der Waals surface area contributed by atoms with Crippen molar-refractivity contribution in [2.45, 2.75) is 32.6 Å². The Morgan fingerprint density at radius 3 is 2.70 bits per heavy atom. The highest BCUT2D eigenvalue weighted by atomic mass is 15.2. The van der Waals surface area contributed by atoms with Gasteiger partial charge in [0.1, 0.15) is 0 Å². The highest BCUT2D eigenvalue weighted by Crippen LogP contribution is 2.30. The van der Waals surface area contributed by atoms with E-state index >= 15 is 0 Å². The Morgan fingerprint density at radius 1 is 1.20 bits per heavy atom. The standard InChI is InChI=1S/C18H28N2/c1-3-4-5-8-16(2)18-10-7-6-9-17(18)15-20-13-11-19-12-14-20/h3-5,8,19H,2,6-7,9-15H2,1H3/b4-3-,8-5-. The lowest BCUT2D eigenvalue weighted by Crippen LogP contribution is -2.44. The van der Waals surface area contributed by atoms with Gasteiger partial charge in [-0.25, -0.2) is 0 Å². The average Bonchev–Trinajstić information content (AvgIpc) is 2.49. The summed E-state index contributed by atoms with van der Waals surface area (Å²) in [5, 5.41) is 3.43. The molecule has 0 aromatic heterocycles. The van der Waals surface area contributed by atoms with Crippen LogP contribution in [-0.4, -0.2) is 37.6 Å². The molecule has 2 aliphatic rings. The summed E-state index contributed by atoms with van der Waals surface area (Å²) in [4.78, 5) is 2.58. The van der Waals surface area contributed by atoms with Gasteiger partial charge in [-0.3, -0.25) is 4.90 Å². The predicted molar refractivity (Wildman–Crippen MR) is 87.9 cm³/mol. The number of hydrogen-bond acceptors (Lipinski definition) is 2. The maximum absolute atomic E-state index is 4.28. The summed E-state index contributed by atoms with van der Waals surface area (Å²) in [5.41, 5.74) is 4.37. The normalized spacial score (nSPS) is 22.1. The molecule has 0 saturated carbocycles. The summed E-state index contributed by atoms with van der Waals surface area (Å²) >= 11 is 0. The molecule has 1 aliphatic heterocycles. The molecule has 0 atom stereocenters. The van der Waals surface area contributed by atoms with Gasteiger partial charge >= 0.3 is 0 Å². The molecule has 0 amide bonds. The highest BCUT2D eigenvalue weighted by molar-refractivity contribution is 5.43. The van der Waals surface area contributed by atoms with Crippen molar-refractivity contribution >= 4 is 0 Å². The van der Waals surface area contributed by atoms with Gasteiger partial charge in [-0.2, -0.15) is 0 Å². The summed E-state index contributed by atoms with van der Waals surface area (Å²) in [7, 11) is 0. The Bertz CT molecular complexity index is 409. The third-order valence-corrected chi connectivity index (χ3v) is 4.19. The monoisotopic (exact) mass is 272 g/mol. The molecule has 1 N–H and O–H groups in total. The van der Waals surface area contributed by atoms with E-state index in [1.54, 1.807) is 5.57 Å². The smallest absolute Gasteiger partial charge is 0.0200 e. The van der Waals surface area contributed by atoms with Gasteiger partial charge in [0, 0.05) is 32.7 Å². The predicted octanol–water partition coefficient (Wildman–Crippen LogP) is 3.45. The SMILES string of the molecule is C=C(/C=C\C=C/C)C1=C(CN2CCNCC2)CCCC1. The van der Waals surface area contributed by atoms with E-state index in [9.17, 15) is 0 Å². The van der Waals surface area contributed by atoms with Crippen molar-refractivity contribution in [2.75, 3.05) is 32.7 Å². The summed E-state index contributed by atoms with van der Waals surface area (Å²) in [6.45, 7) is 12.1. The number of hydrogen-bond donors (Lipinski definition) is 1. The first-order valence-corrected chi connectivity index (χ1v) is 7.94. The fraction of sp³-hybridized carbons (Fsp3) is 0.556. The number of allylic oxidation sites excluding steroid dienone is 6. The fourth-order valence-electron chi connectivity index (χ4n) is 3.05. The molecule has 1 aliphatic carbocycles. The fourth-order valence-corrected chi connectivity index (χ4v) is 3.05. The van der Waals surface area contributed by atoms with Crippen LogP contribution in [0.15, 0.2) is 47.6 Å². The maximum atomic E-state index is 4.28. The second kappa shape index (κ2) is 8.23. The van der Waals surface area contributed by atoms with E-state index in [0.29, 0.717) is 0 Å². The number of nitrogens with zero attached hydrogens (tertiary/aromatic N) is 1. The molecule has 2 heteroatoms. The number of rotatable bonds is 5. The van der Waals surface area contributed by atoms with Crippen LogP contribution in [-0.2, 0) is 0 Å². The minimum absolute atomic E-state index is 1.13. The molecule has 20 heavy (non-hydrogen) atoms. The molecule has 2 rings (SSSR count). The highest BCUT2D eigenvalue weighted by Gasteiger charge is 2.17. The van der Waals surface area contributed by atoms with Gasteiger partial charge < -0.3 is 5.32 Å². The second-order valence-corrected chi connectivity index (χ2v) is 5.73. The zero-order chi connectivity index (χ0) is 14.2. The Hall–Kier alpha value is -1.12. The molecule has 0 bridgehead atoms. The van der Waals surface area contributed by atoms with Crippen molar-refractivity contribution in [2.24, 2.45) is 0 Å². The molecule has 1 heterocycles. The minimum Gasteiger partial charge on any atom is -0.314 e. The lowest BCUT2D eigenvalue weighted by molar-refractivity contribution is 0.255. The Morgan fingerprint density at radius 2 is 1.95 bits per heavy atom. The van der Waals surface area contributed by atoms with Crippen LogP contribution in [0.1, 0.15) is 32.6 Å². The first-order chi connectivity index (χ1) is 9.81. The van der Waals surface area contributed by atoms with Crippen molar-refractivity contribution in [1.82, 2.24) is 10.2 Å². The summed E-state index contributed by atoms with van der Waals surface area (Å²) in [6.07, 6.45) is 13.5. The van der Waals surface area contributed by atoms with Crippen LogP contribution in [0, 0.1) is 0 Å². The Balaban J connectivity index is 2.05. The van der Waals surface area contributed by atoms with Crippen LogP contribution in [0.3, 0.4) is 0 Å². The van der Waals surface area contributed by atoms with E-state index in [1.165, 1.54) is 49.9 Å². The van der Waals surface area contributed by atoms with Crippen LogP contribution in [0.5, 0.6) is 0 Å². The summed E-state index contributed by atoms with van der Waals surface area (Å²) in [5.74, 6) is 0. The summed E-state index contributed by atoms with van der Waals surface area (Å²) < 4.78 is 0. The van der Waals surface area contributed by atoms with Crippen LogP contribution < -0.4 is 5.32 Å². The van der Waals surface area contributed by atoms with Crippen LogP contribution in [0.2, 0.25) is 0 Å². The third kappa shape index (κ3) is 4.46. The zero-order valence-corrected chi connectivity index (χ0v) is 12.8. The van der Waals surface area contributed by atoms with Gasteiger partial charge in [-0.1, -0.05) is 36.5 Å². The Kier molecular flexibility index (Phi) is 6.28. The number of nitrogens with one attached hydrogen (secondary N) is 1. The van der Waals surface area contributed by atoms with E-state index < -0.39 is 0 Å². The van der Waals surface area contributed by atoms with E-state index in [2.05, 4.69) is 41.1 Å². The van der Waals surface area contributed by atoms with Crippen LogP contribution >= 0.6 is 0 Å². The van der Waals surface area contributed by atoms with Gasteiger partial charge in [-0.05, 0) is 43.8 Å². The van der Waals surface area contributed by atoms with Crippen molar-refractivity contribution in [1.29, 1.82) is 0 Å². The molecule has 0 radical (unpaired) electrons. The van der Waals surface area contributed by atoms with E-state index in [4.69, 9.17) is 0 Å². The molecule has 0 aromatic rings. The lowest BCUT2D eigenvalue weighted by atomic mass is 9.87. The molecule has 0 aromatic carbocycles. The summed E-state index contributed by atoms with van der Waals surface area (Å²) in [6, 6.07) is 0. The van der Waals surface area contributed by atoms with E-state index in [-0.39, 0.29) is 0 Å². The van der Waals surface area contributed by atoms with Crippen molar-refractivity contribution in [3.8, 4) is 0 Å². The quantitative estimate of drug-likeness (QED) is 0.771. The second-order valence-electron chi connectivity index (χ2n) is 5.73. The lowest BCUT2D eigenvalue weighted by Gasteiger charge is -2.31. The van der Waals surface area contributed by atoms with Crippen molar-refractivity contribution < 1.29 is 0 Å². The maximum Gasteiger partial charge on any atom is 0.0200 e. The first kappa shape index (κ1) is 15.3. The molecule has 110 valence electrons. The largest absolute Gasteiger partial charge is 0.314 e. The first-order valence-electron chi connectivity index (χ1n) is 7.94. The van der Waals surface area contributed by atoms with E-state index in [0.717, 1.165) is 19.6 Å². The van der Waals surface area contributed by atoms with Gasteiger partial charge in [0.2, 0.25) is 0 Å². The van der Waals surface area contributed by atoms with Crippen molar-refractivity contribution in [3.63, 3.8) is 0 Å². The van der Waals surface area contributed by atoms with Gasteiger partial charge in [-0.15, -0.1) is 0 Å². The molecule has 0 unspecified atom stereocenters. The topological polar surface area (TPSA) is 15.3 Å². The van der Waals surface area contributed by atoms with Crippen LogP contribution in [0.4, 0.5) is 0 Å². The molecule has 2 nitrogen and oxygen atoms in total. The van der Waals surface area contributed by atoms with Gasteiger partial charge in [0.15, 0.2) is 0 Å². The van der Waals surface area contributed by atoms with Gasteiger partial charge in [0.25, 0.3) is 0 Å². The average molecular weight is 272 g/mol. The Labute approximate surface area is 123 Å². The zero-order valence-electron chi connectivity index (χ0n) is 12.8. The third-order valence-electron chi connectivity index (χ3n) is 4.19. The van der Waals surface area contributed by atoms with Crippen molar-refractivity contribution in [3.05, 3.63) is 47.6 Å². The molecular formula is C18H28N2. The minimum atomic E-state index is 1.13. The molecular weight excluding hydrogens is 244 g/mol. The van der Waals surface area contributed by atoms with Crippen LogP contribution in [0.25, 0.3) is 0 Å². The van der Waals surface area contributed by atoms with E-state index in [1.807, 2.05) is 6.92 Å². The molecule has 1 fully saturated rings. The van der Waals surface area contributed by atoms with Gasteiger partial charge in [0.05, 0.1) is 0 Å².